The fraction of sp³-hybridized carbons (Fsp3) is 0.889. The minimum atomic E-state index is -3.67. The fourth-order valence-corrected chi connectivity index (χ4v) is 2.59. The molecule has 1 rings (SSSR count). The molecule has 0 spiro atoms. The van der Waals surface area contributed by atoms with E-state index in [-0.39, 0.29) is 6.54 Å². The van der Waals surface area contributed by atoms with Gasteiger partial charge in [0.2, 0.25) is 10.0 Å². The number of hydrogen-bond acceptors (Lipinski definition) is 5. The van der Waals surface area contributed by atoms with E-state index in [4.69, 9.17) is 9.84 Å². The van der Waals surface area contributed by atoms with Crippen LogP contribution < -0.4 is 4.72 Å². The van der Waals surface area contributed by atoms with E-state index in [2.05, 4.69) is 4.72 Å². The number of rotatable bonds is 6. The Kier molecular flexibility index (Phi) is 4.48. The van der Waals surface area contributed by atoms with Gasteiger partial charge in [-0.1, -0.05) is 0 Å². The van der Waals surface area contributed by atoms with Gasteiger partial charge in [0.1, 0.15) is 5.60 Å². The van der Waals surface area contributed by atoms with Gasteiger partial charge in [-0.15, -0.1) is 0 Å². The molecule has 1 fully saturated rings. The lowest BCUT2D eigenvalue weighted by Gasteiger charge is -2.25. The Balaban J connectivity index is 2.46. The lowest BCUT2D eigenvalue weighted by Crippen LogP contribution is -2.47. The first-order valence-corrected chi connectivity index (χ1v) is 6.93. The quantitative estimate of drug-likeness (QED) is 0.564. The molecule has 0 saturated carbocycles. The number of carbonyl (C=O) groups is 1. The molecule has 1 heterocycles. The summed E-state index contributed by atoms with van der Waals surface area (Å²) in [4.78, 5) is 10.3. The van der Waals surface area contributed by atoms with Gasteiger partial charge in [-0.25, -0.2) is 13.1 Å². The number of carboxylic acid groups (broad SMARTS) is 1. The lowest BCUT2D eigenvalue weighted by atomic mass is 9.97. The van der Waals surface area contributed by atoms with Gasteiger partial charge in [0.25, 0.3) is 0 Å². The van der Waals surface area contributed by atoms with Crippen molar-refractivity contribution in [3.8, 4) is 0 Å². The van der Waals surface area contributed by atoms with E-state index in [0.717, 1.165) is 0 Å². The van der Waals surface area contributed by atoms with Gasteiger partial charge < -0.3 is 14.9 Å². The fourth-order valence-electron chi connectivity index (χ4n) is 1.53. The Bertz CT molecular complexity index is 381. The molecule has 1 aliphatic heterocycles. The number of carboxylic acids is 1. The van der Waals surface area contributed by atoms with Gasteiger partial charge >= 0.3 is 5.97 Å². The van der Waals surface area contributed by atoms with Crippen LogP contribution in [0.4, 0.5) is 0 Å². The zero-order valence-electron chi connectivity index (χ0n) is 9.55. The molecule has 0 aromatic carbocycles. The molecule has 0 radical (unpaired) electrons. The standard InChI is InChI=1S/C9H17NO6S/c1-7-9(13,3-4-16-7)6-10-17(14,15)5-2-8(11)12/h7,10,13H,2-6H2,1H3,(H,11,12). The van der Waals surface area contributed by atoms with Crippen LogP contribution in [0.15, 0.2) is 0 Å². The molecule has 0 amide bonds. The van der Waals surface area contributed by atoms with E-state index >= 15 is 0 Å². The predicted molar refractivity (Wildman–Crippen MR) is 59.0 cm³/mol. The molecule has 0 aromatic heterocycles. The highest BCUT2D eigenvalue weighted by Gasteiger charge is 2.40. The Morgan fingerprint density at radius 3 is 2.71 bits per heavy atom. The van der Waals surface area contributed by atoms with Crippen LogP contribution in [0.3, 0.4) is 0 Å². The molecule has 8 heteroatoms. The maximum Gasteiger partial charge on any atom is 0.304 e. The summed E-state index contributed by atoms with van der Waals surface area (Å²) < 4.78 is 30.2. The Hall–Kier alpha value is -0.700. The van der Waals surface area contributed by atoms with Crippen molar-refractivity contribution < 1.29 is 28.2 Å². The molecule has 0 aromatic rings. The smallest absolute Gasteiger partial charge is 0.304 e. The van der Waals surface area contributed by atoms with Crippen LogP contribution in [0.5, 0.6) is 0 Å². The SMILES string of the molecule is CC1OCCC1(O)CNS(=O)(=O)CCC(=O)O. The van der Waals surface area contributed by atoms with Gasteiger partial charge in [0.15, 0.2) is 0 Å². The van der Waals surface area contributed by atoms with Crippen LogP contribution in [0.1, 0.15) is 19.8 Å². The minimum Gasteiger partial charge on any atom is -0.481 e. The van der Waals surface area contributed by atoms with Crippen LogP contribution in [0.25, 0.3) is 0 Å². The summed E-state index contributed by atoms with van der Waals surface area (Å²) in [6.07, 6.45) is -0.542. The Morgan fingerprint density at radius 1 is 1.59 bits per heavy atom. The van der Waals surface area contributed by atoms with Crippen LogP contribution in [-0.2, 0) is 19.6 Å². The maximum atomic E-state index is 11.4. The molecular formula is C9H17NO6S. The summed E-state index contributed by atoms with van der Waals surface area (Å²) in [7, 11) is -3.67. The van der Waals surface area contributed by atoms with Crippen molar-refractivity contribution >= 4 is 16.0 Å². The molecule has 2 atom stereocenters. The van der Waals surface area contributed by atoms with Crippen molar-refractivity contribution in [1.82, 2.24) is 4.72 Å². The van der Waals surface area contributed by atoms with E-state index in [0.29, 0.717) is 13.0 Å². The third-order valence-electron chi connectivity index (χ3n) is 2.84. The van der Waals surface area contributed by atoms with Crippen molar-refractivity contribution in [1.29, 1.82) is 0 Å². The summed E-state index contributed by atoms with van der Waals surface area (Å²) in [5.41, 5.74) is -1.21. The van der Waals surface area contributed by atoms with Crippen LogP contribution >= 0.6 is 0 Å². The number of aliphatic carboxylic acids is 1. The summed E-state index contributed by atoms with van der Waals surface area (Å²) in [6.45, 7) is 1.89. The van der Waals surface area contributed by atoms with E-state index in [1.54, 1.807) is 6.92 Å². The van der Waals surface area contributed by atoms with Gasteiger partial charge in [-0.2, -0.15) is 0 Å². The second kappa shape index (κ2) is 5.30. The normalized spacial score (nSPS) is 29.4. The number of aliphatic hydroxyl groups is 1. The highest BCUT2D eigenvalue weighted by atomic mass is 32.2. The third-order valence-corrected chi connectivity index (χ3v) is 4.17. The molecule has 2 unspecified atom stereocenters. The van der Waals surface area contributed by atoms with E-state index in [1.165, 1.54) is 0 Å². The average molecular weight is 267 g/mol. The summed E-state index contributed by atoms with van der Waals surface area (Å²) in [5.74, 6) is -1.67. The molecule has 100 valence electrons. The van der Waals surface area contributed by atoms with E-state index in [1.807, 2.05) is 0 Å². The zero-order valence-corrected chi connectivity index (χ0v) is 10.4. The number of hydrogen-bond donors (Lipinski definition) is 3. The number of nitrogens with one attached hydrogen (secondary N) is 1. The topological polar surface area (TPSA) is 113 Å². The number of sulfonamides is 1. The maximum absolute atomic E-state index is 11.4. The number of ether oxygens (including phenoxy) is 1. The largest absolute Gasteiger partial charge is 0.481 e. The van der Waals surface area contributed by atoms with E-state index in [9.17, 15) is 18.3 Å². The molecule has 17 heavy (non-hydrogen) atoms. The molecule has 1 aliphatic rings. The average Bonchev–Trinajstić information content (AvgIpc) is 2.55. The molecule has 3 N–H and O–H groups in total. The summed E-state index contributed by atoms with van der Waals surface area (Å²) in [5, 5.41) is 18.4. The lowest BCUT2D eigenvalue weighted by molar-refractivity contribution is -0.136. The monoisotopic (exact) mass is 267 g/mol. The first-order chi connectivity index (χ1) is 7.75. The zero-order chi connectivity index (χ0) is 13.1. The van der Waals surface area contributed by atoms with Gasteiger partial charge in [0.05, 0.1) is 18.3 Å². The molecule has 1 saturated heterocycles. The highest BCUT2D eigenvalue weighted by Crippen LogP contribution is 2.24. The molecule has 7 nitrogen and oxygen atoms in total. The summed E-state index contributed by atoms with van der Waals surface area (Å²) in [6, 6.07) is 0. The molecular weight excluding hydrogens is 250 g/mol. The molecule has 0 bridgehead atoms. The van der Waals surface area contributed by atoms with Crippen molar-refractivity contribution in [2.75, 3.05) is 18.9 Å². The molecule has 0 aliphatic carbocycles. The Morgan fingerprint density at radius 2 is 2.24 bits per heavy atom. The predicted octanol–water partition coefficient (Wildman–Crippen LogP) is -1.08. The second-order valence-electron chi connectivity index (χ2n) is 4.15. The first kappa shape index (κ1) is 14.4. The van der Waals surface area contributed by atoms with Crippen molar-refractivity contribution in [2.45, 2.75) is 31.5 Å². The highest BCUT2D eigenvalue weighted by molar-refractivity contribution is 7.89. The third kappa shape index (κ3) is 4.23. The Labute approximate surface area is 99.8 Å². The van der Waals surface area contributed by atoms with E-state index < -0.39 is 39.9 Å². The van der Waals surface area contributed by atoms with Gasteiger partial charge in [-0.05, 0) is 6.92 Å². The van der Waals surface area contributed by atoms with Crippen LogP contribution in [0.2, 0.25) is 0 Å². The van der Waals surface area contributed by atoms with Crippen LogP contribution in [0, 0.1) is 0 Å². The van der Waals surface area contributed by atoms with Crippen molar-refractivity contribution in [2.24, 2.45) is 0 Å². The van der Waals surface area contributed by atoms with Crippen LogP contribution in [-0.4, -0.2) is 55.2 Å². The van der Waals surface area contributed by atoms with Gasteiger partial charge in [0, 0.05) is 19.6 Å². The van der Waals surface area contributed by atoms with Crippen molar-refractivity contribution in [3.63, 3.8) is 0 Å². The van der Waals surface area contributed by atoms with Gasteiger partial charge in [-0.3, -0.25) is 4.79 Å². The minimum absolute atomic E-state index is 0.157. The van der Waals surface area contributed by atoms with Crippen molar-refractivity contribution in [3.05, 3.63) is 0 Å². The second-order valence-corrected chi connectivity index (χ2v) is 6.08. The first-order valence-electron chi connectivity index (χ1n) is 5.28. The summed E-state index contributed by atoms with van der Waals surface area (Å²) >= 11 is 0.